The Hall–Kier alpha value is -0.870. The van der Waals surface area contributed by atoms with Gasteiger partial charge in [0.2, 0.25) is 5.91 Å². The molecule has 1 aliphatic heterocycles. The Morgan fingerprint density at radius 2 is 2.18 bits per heavy atom. The molecule has 0 N–H and O–H groups in total. The third-order valence-electron chi connectivity index (χ3n) is 2.97. The van der Waals surface area contributed by atoms with Gasteiger partial charge < -0.3 is 9.80 Å². The summed E-state index contributed by atoms with van der Waals surface area (Å²) >= 11 is 3.46. The number of anilines is 1. The highest BCUT2D eigenvalue weighted by molar-refractivity contribution is 9.10. The zero-order chi connectivity index (χ0) is 12.4. The summed E-state index contributed by atoms with van der Waals surface area (Å²) in [5, 5.41) is 0. The van der Waals surface area contributed by atoms with Crippen molar-refractivity contribution >= 4 is 27.5 Å². The Morgan fingerprint density at radius 1 is 1.41 bits per heavy atom. The van der Waals surface area contributed by atoms with E-state index in [0.29, 0.717) is 6.42 Å². The van der Waals surface area contributed by atoms with E-state index in [-0.39, 0.29) is 5.91 Å². The van der Waals surface area contributed by atoms with Crippen molar-refractivity contribution in [3.8, 4) is 0 Å². The van der Waals surface area contributed by atoms with Gasteiger partial charge in [-0.25, -0.2) is 0 Å². The van der Waals surface area contributed by atoms with Crippen molar-refractivity contribution in [3.05, 3.63) is 28.2 Å². The Balaban J connectivity index is 2.08. The first-order valence-corrected chi connectivity index (χ1v) is 6.61. The predicted molar refractivity (Wildman–Crippen MR) is 73.4 cm³/mol. The molecule has 2 rings (SSSR count). The lowest BCUT2D eigenvalue weighted by Crippen LogP contribution is -2.29. The van der Waals surface area contributed by atoms with Crippen LogP contribution in [0.5, 0.6) is 0 Å². The van der Waals surface area contributed by atoms with Gasteiger partial charge in [-0.05, 0) is 44.8 Å². The lowest BCUT2D eigenvalue weighted by atomic mass is 10.2. The van der Waals surface area contributed by atoms with E-state index >= 15 is 0 Å². The van der Waals surface area contributed by atoms with Gasteiger partial charge in [0, 0.05) is 16.7 Å². The van der Waals surface area contributed by atoms with Gasteiger partial charge in [0.25, 0.3) is 0 Å². The average Bonchev–Trinajstić information content (AvgIpc) is 2.55. The first-order valence-electron chi connectivity index (χ1n) is 5.81. The van der Waals surface area contributed by atoms with Gasteiger partial charge in [-0.2, -0.15) is 0 Å². The molecule has 0 unspecified atom stereocenters. The van der Waals surface area contributed by atoms with E-state index < -0.39 is 0 Å². The summed E-state index contributed by atoms with van der Waals surface area (Å²) in [5.41, 5.74) is 2.21. The number of amides is 1. The van der Waals surface area contributed by atoms with Crippen LogP contribution in [0.25, 0.3) is 0 Å². The van der Waals surface area contributed by atoms with E-state index in [1.807, 2.05) is 23.1 Å². The minimum atomic E-state index is 0.219. The first-order chi connectivity index (χ1) is 8.08. The summed E-state index contributed by atoms with van der Waals surface area (Å²) < 4.78 is 1.03. The smallest absolute Gasteiger partial charge is 0.231 e. The summed E-state index contributed by atoms with van der Waals surface area (Å²) in [6, 6.07) is 6.06. The topological polar surface area (TPSA) is 23.6 Å². The number of hydrogen-bond acceptors (Lipinski definition) is 2. The van der Waals surface area contributed by atoms with Crippen molar-refractivity contribution < 1.29 is 4.79 Å². The third-order valence-corrected chi connectivity index (χ3v) is 3.46. The fourth-order valence-electron chi connectivity index (χ4n) is 2.12. The molecule has 0 radical (unpaired) electrons. The van der Waals surface area contributed by atoms with Crippen molar-refractivity contribution in [2.24, 2.45) is 0 Å². The summed E-state index contributed by atoms with van der Waals surface area (Å²) in [5.74, 6) is 0.219. The van der Waals surface area contributed by atoms with Gasteiger partial charge in [-0.15, -0.1) is 0 Å². The van der Waals surface area contributed by atoms with Crippen LogP contribution in [-0.2, 0) is 11.2 Å². The second-order valence-corrected chi connectivity index (χ2v) is 5.57. The predicted octanol–water partition coefficient (Wildman–Crippen LogP) is 2.29. The Labute approximate surface area is 111 Å². The van der Waals surface area contributed by atoms with Gasteiger partial charge in [0.1, 0.15) is 0 Å². The maximum absolute atomic E-state index is 11.9. The van der Waals surface area contributed by atoms with Gasteiger partial charge in [0.05, 0.1) is 6.42 Å². The molecule has 1 aromatic carbocycles. The van der Waals surface area contributed by atoms with E-state index in [1.165, 1.54) is 0 Å². The fraction of sp³-hybridized carbons (Fsp3) is 0.462. The fourth-order valence-corrected chi connectivity index (χ4v) is 2.47. The maximum atomic E-state index is 11.9. The molecule has 17 heavy (non-hydrogen) atoms. The summed E-state index contributed by atoms with van der Waals surface area (Å²) in [7, 11) is 4.10. The SMILES string of the molecule is CN(C)CCCN1C(=O)Cc2ccc(Br)cc21. The van der Waals surface area contributed by atoms with Crippen LogP contribution in [-0.4, -0.2) is 38.0 Å². The van der Waals surface area contributed by atoms with E-state index in [2.05, 4.69) is 34.9 Å². The number of nitrogens with zero attached hydrogens (tertiary/aromatic N) is 2. The number of hydrogen-bond donors (Lipinski definition) is 0. The largest absolute Gasteiger partial charge is 0.312 e. The molecule has 0 spiro atoms. The molecule has 0 atom stereocenters. The lowest BCUT2D eigenvalue weighted by molar-refractivity contribution is -0.117. The number of halogens is 1. The molecule has 0 aromatic heterocycles. The van der Waals surface area contributed by atoms with Crippen LogP contribution >= 0.6 is 15.9 Å². The van der Waals surface area contributed by atoms with Crippen molar-refractivity contribution in [2.75, 3.05) is 32.1 Å². The normalized spacial score (nSPS) is 14.6. The molecule has 0 bridgehead atoms. The monoisotopic (exact) mass is 296 g/mol. The standard InChI is InChI=1S/C13H17BrN2O/c1-15(2)6-3-7-16-12-9-11(14)5-4-10(12)8-13(16)17/h4-5,9H,3,6-8H2,1-2H3. The van der Waals surface area contributed by atoms with Crippen LogP contribution in [0.2, 0.25) is 0 Å². The molecule has 1 heterocycles. The molecule has 1 aliphatic rings. The maximum Gasteiger partial charge on any atom is 0.231 e. The van der Waals surface area contributed by atoms with Gasteiger partial charge in [0.15, 0.2) is 0 Å². The number of carbonyl (C=O) groups excluding carboxylic acids is 1. The van der Waals surface area contributed by atoms with E-state index in [0.717, 1.165) is 35.2 Å². The third kappa shape index (κ3) is 2.87. The molecule has 0 saturated carbocycles. The van der Waals surface area contributed by atoms with Gasteiger partial charge >= 0.3 is 0 Å². The van der Waals surface area contributed by atoms with E-state index in [1.54, 1.807) is 0 Å². The lowest BCUT2D eigenvalue weighted by Gasteiger charge is -2.19. The zero-order valence-electron chi connectivity index (χ0n) is 10.2. The second-order valence-electron chi connectivity index (χ2n) is 4.65. The molecule has 1 aromatic rings. The summed E-state index contributed by atoms with van der Waals surface area (Å²) in [6.07, 6.45) is 1.55. The van der Waals surface area contributed by atoms with Crippen LogP contribution in [0.3, 0.4) is 0 Å². The minimum absolute atomic E-state index is 0.219. The Kier molecular flexibility index (Phi) is 3.84. The second kappa shape index (κ2) is 5.19. The quantitative estimate of drug-likeness (QED) is 0.851. The van der Waals surface area contributed by atoms with Crippen LogP contribution < -0.4 is 4.90 Å². The van der Waals surface area contributed by atoms with Crippen LogP contribution in [0, 0.1) is 0 Å². The number of rotatable bonds is 4. The molecular formula is C13H17BrN2O. The molecule has 0 fully saturated rings. The highest BCUT2D eigenvalue weighted by Crippen LogP contribution is 2.31. The molecule has 0 aliphatic carbocycles. The number of carbonyl (C=O) groups is 1. The molecular weight excluding hydrogens is 280 g/mol. The minimum Gasteiger partial charge on any atom is -0.312 e. The zero-order valence-corrected chi connectivity index (χ0v) is 11.8. The molecule has 1 amide bonds. The summed E-state index contributed by atoms with van der Waals surface area (Å²) in [6.45, 7) is 1.81. The van der Waals surface area contributed by atoms with Crippen LogP contribution in [0.1, 0.15) is 12.0 Å². The van der Waals surface area contributed by atoms with Crippen LogP contribution in [0.4, 0.5) is 5.69 Å². The van der Waals surface area contributed by atoms with Crippen molar-refractivity contribution in [3.63, 3.8) is 0 Å². The number of benzene rings is 1. The Bertz CT molecular complexity index is 431. The van der Waals surface area contributed by atoms with Crippen LogP contribution in [0.15, 0.2) is 22.7 Å². The van der Waals surface area contributed by atoms with Gasteiger partial charge in [-0.3, -0.25) is 4.79 Å². The van der Waals surface area contributed by atoms with Gasteiger partial charge in [-0.1, -0.05) is 22.0 Å². The van der Waals surface area contributed by atoms with E-state index in [9.17, 15) is 4.79 Å². The van der Waals surface area contributed by atoms with Crippen molar-refractivity contribution in [2.45, 2.75) is 12.8 Å². The van der Waals surface area contributed by atoms with E-state index in [4.69, 9.17) is 0 Å². The summed E-state index contributed by atoms with van der Waals surface area (Å²) in [4.78, 5) is 16.0. The molecule has 3 nitrogen and oxygen atoms in total. The molecule has 4 heteroatoms. The Morgan fingerprint density at radius 3 is 2.88 bits per heavy atom. The van der Waals surface area contributed by atoms with Crippen molar-refractivity contribution in [1.82, 2.24) is 4.90 Å². The number of fused-ring (bicyclic) bond motifs is 1. The molecule has 92 valence electrons. The highest BCUT2D eigenvalue weighted by atomic mass is 79.9. The molecule has 0 saturated heterocycles. The average molecular weight is 297 g/mol. The highest BCUT2D eigenvalue weighted by Gasteiger charge is 2.26. The first kappa shape index (κ1) is 12.6. The van der Waals surface area contributed by atoms with Crippen molar-refractivity contribution in [1.29, 1.82) is 0 Å².